The first-order chi connectivity index (χ1) is 9.11. The van der Waals surface area contributed by atoms with E-state index < -0.39 is 6.10 Å². The van der Waals surface area contributed by atoms with Crippen LogP contribution in [0, 0.1) is 0 Å². The smallest absolute Gasteiger partial charge is 0.130 e. The Balaban J connectivity index is 2.37. The first kappa shape index (κ1) is 11.9. The van der Waals surface area contributed by atoms with Gasteiger partial charge in [-0.1, -0.05) is 12.1 Å². The third-order valence-electron chi connectivity index (χ3n) is 3.49. The first-order valence-corrected chi connectivity index (χ1v) is 6.02. The third-order valence-corrected chi connectivity index (χ3v) is 3.49. The molecule has 0 saturated carbocycles. The molecule has 1 aliphatic rings. The van der Waals surface area contributed by atoms with Crippen molar-refractivity contribution in [3.63, 3.8) is 0 Å². The van der Waals surface area contributed by atoms with Gasteiger partial charge in [-0.05, 0) is 23.3 Å². The van der Waals surface area contributed by atoms with E-state index in [2.05, 4.69) is 0 Å². The second-order valence-corrected chi connectivity index (χ2v) is 4.64. The zero-order chi connectivity index (χ0) is 13.6. The van der Waals surface area contributed by atoms with Crippen LogP contribution in [0.15, 0.2) is 30.3 Å². The van der Waals surface area contributed by atoms with Gasteiger partial charge in [-0.25, -0.2) is 0 Å². The summed E-state index contributed by atoms with van der Waals surface area (Å²) < 4.78 is 5.29. The predicted molar refractivity (Wildman–Crippen MR) is 70.4 cm³/mol. The number of hydrogen-bond donors (Lipinski definition) is 3. The van der Waals surface area contributed by atoms with Gasteiger partial charge in [0.25, 0.3) is 0 Å². The molecule has 0 aliphatic heterocycles. The molecule has 1 aliphatic carbocycles. The molecule has 3 N–H and O–H groups in total. The fraction of sp³-hybridized carbons (Fsp3) is 0.200. The Morgan fingerprint density at radius 1 is 1.16 bits per heavy atom. The number of aromatic hydroxyl groups is 2. The van der Waals surface area contributed by atoms with Crippen LogP contribution in [0.1, 0.15) is 17.2 Å². The van der Waals surface area contributed by atoms with Gasteiger partial charge in [-0.2, -0.15) is 0 Å². The van der Waals surface area contributed by atoms with Crippen LogP contribution in [0.5, 0.6) is 17.2 Å². The second-order valence-electron chi connectivity index (χ2n) is 4.64. The molecule has 0 fully saturated rings. The lowest BCUT2D eigenvalue weighted by Crippen LogP contribution is -2.11. The van der Waals surface area contributed by atoms with Crippen molar-refractivity contribution in [1.29, 1.82) is 0 Å². The van der Waals surface area contributed by atoms with Crippen molar-refractivity contribution in [2.24, 2.45) is 0 Å². The van der Waals surface area contributed by atoms with Gasteiger partial charge in [0, 0.05) is 23.6 Å². The van der Waals surface area contributed by atoms with E-state index in [1.165, 1.54) is 13.2 Å². The summed E-state index contributed by atoms with van der Waals surface area (Å²) in [5, 5.41) is 29.9. The van der Waals surface area contributed by atoms with E-state index in [9.17, 15) is 15.3 Å². The molecule has 0 saturated heterocycles. The van der Waals surface area contributed by atoms with Gasteiger partial charge >= 0.3 is 0 Å². The Kier molecular flexibility index (Phi) is 2.61. The second kappa shape index (κ2) is 4.17. The van der Waals surface area contributed by atoms with Crippen LogP contribution >= 0.6 is 0 Å². The molecular weight excluding hydrogens is 244 g/mol. The van der Waals surface area contributed by atoms with Crippen molar-refractivity contribution < 1.29 is 20.1 Å². The molecule has 3 rings (SSSR count). The van der Waals surface area contributed by atoms with E-state index in [0.717, 1.165) is 11.1 Å². The van der Waals surface area contributed by atoms with Crippen LogP contribution < -0.4 is 4.74 Å². The third kappa shape index (κ3) is 1.72. The Morgan fingerprint density at radius 3 is 2.68 bits per heavy atom. The van der Waals surface area contributed by atoms with Crippen molar-refractivity contribution in [2.45, 2.75) is 12.5 Å². The van der Waals surface area contributed by atoms with Crippen LogP contribution in [-0.4, -0.2) is 22.4 Å². The molecule has 98 valence electrons. The van der Waals surface area contributed by atoms with E-state index in [0.29, 0.717) is 23.3 Å². The normalized spacial score (nSPS) is 16.6. The van der Waals surface area contributed by atoms with Crippen molar-refractivity contribution in [2.75, 3.05) is 7.11 Å². The summed E-state index contributed by atoms with van der Waals surface area (Å²) in [5.74, 6) is 0.674. The fourth-order valence-electron chi connectivity index (χ4n) is 2.69. The lowest BCUT2D eigenvalue weighted by molar-refractivity contribution is 0.176. The Labute approximate surface area is 110 Å². The van der Waals surface area contributed by atoms with E-state index in [1.807, 2.05) is 0 Å². The van der Waals surface area contributed by atoms with Crippen LogP contribution in [0.4, 0.5) is 0 Å². The van der Waals surface area contributed by atoms with Gasteiger partial charge in [0.05, 0.1) is 13.2 Å². The zero-order valence-electron chi connectivity index (χ0n) is 10.4. The number of aliphatic hydroxyl groups is 1. The van der Waals surface area contributed by atoms with Crippen molar-refractivity contribution >= 4 is 0 Å². The highest BCUT2D eigenvalue weighted by Crippen LogP contribution is 2.48. The Morgan fingerprint density at radius 2 is 1.95 bits per heavy atom. The molecule has 0 amide bonds. The molecule has 4 heteroatoms. The lowest BCUT2D eigenvalue weighted by Gasteiger charge is -2.26. The van der Waals surface area contributed by atoms with Gasteiger partial charge < -0.3 is 20.1 Å². The van der Waals surface area contributed by atoms with Crippen molar-refractivity contribution in [1.82, 2.24) is 0 Å². The molecule has 0 radical (unpaired) electrons. The minimum absolute atomic E-state index is 0.0849. The molecular formula is C15H14O4. The summed E-state index contributed by atoms with van der Waals surface area (Å²) in [5.41, 5.74) is 2.75. The maximum absolute atomic E-state index is 10.2. The van der Waals surface area contributed by atoms with Gasteiger partial charge in [0.15, 0.2) is 0 Å². The van der Waals surface area contributed by atoms with Crippen LogP contribution in [0.2, 0.25) is 0 Å². The van der Waals surface area contributed by atoms with Gasteiger partial charge in [0.1, 0.15) is 17.2 Å². The number of fused-ring (bicyclic) bond motifs is 3. The van der Waals surface area contributed by atoms with E-state index >= 15 is 0 Å². The average molecular weight is 258 g/mol. The standard InChI is InChI=1S/C15H14O4/c1-19-13-7-9(16)5-8-6-12(18)10-3-2-4-11(17)15(10)14(8)13/h2-5,7,12,16-18H,6H2,1H3. The van der Waals surface area contributed by atoms with Crippen molar-refractivity contribution in [3.8, 4) is 28.4 Å². The fourth-order valence-corrected chi connectivity index (χ4v) is 2.69. The molecule has 0 bridgehead atoms. The molecule has 4 nitrogen and oxygen atoms in total. The minimum Gasteiger partial charge on any atom is -0.508 e. The minimum atomic E-state index is -0.693. The van der Waals surface area contributed by atoms with Gasteiger partial charge in [-0.3, -0.25) is 0 Å². The van der Waals surface area contributed by atoms with Gasteiger partial charge in [0.2, 0.25) is 0 Å². The summed E-state index contributed by atoms with van der Waals surface area (Å²) in [6, 6.07) is 8.17. The zero-order valence-corrected chi connectivity index (χ0v) is 10.4. The monoisotopic (exact) mass is 258 g/mol. The number of rotatable bonds is 1. The number of benzene rings is 2. The van der Waals surface area contributed by atoms with Crippen LogP contribution in [0.3, 0.4) is 0 Å². The maximum Gasteiger partial charge on any atom is 0.130 e. The summed E-state index contributed by atoms with van der Waals surface area (Å²) >= 11 is 0. The van der Waals surface area contributed by atoms with Crippen LogP contribution in [0.25, 0.3) is 11.1 Å². The molecule has 2 aromatic rings. The molecule has 0 spiro atoms. The summed E-state index contributed by atoms with van der Waals surface area (Å²) in [4.78, 5) is 0. The summed E-state index contributed by atoms with van der Waals surface area (Å²) in [6.45, 7) is 0. The highest BCUT2D eigenvalue weighted by Gasteiger charge is 2.28. The van der Waals surface area contributed by atoms with Gasteiger partial charge in [-0.15, -0.1) is 0 Å². The van der Waals surface area contributed by atoms with Crippen LogP contribution in [-0.2, 0) is 6.42 Å². The Hall–Kier alpha value is -2.20. The van der Waals surface area contributed by atoms with E-state index in [-0.39, 0.29) is 11.5 Å². The highest BCUT2D eigenvalue weighted by molar-refractivity contribution is 5.84. The number of phenols is 2. The molecule has 19 heavy (non-hydrogen) atoms. The number of phenolic OH excluding ortho intramolecular Hbond substituents is 2. The number of aliphatic hydroxyl groups excluding tert-OH is 1. The Bertz CT molecular complexity index is 649. The highest BCUT2D eigenvalue weighted by atomic mass is 16.5. The van der Waals surface area contributed by atoms with E-state index in [4.69, 9.17) is 4.74 Å². The maximum atomic E-state index is 10.2. The molecule has 0 aromatic heterocycles. The van der Waals surface area contributed by atoms with Crippen molar-refractivity contribution in [3.05, 3.63) is 41.5 Å². The van der Waals surface area contributed by atoms with E-state index in [1.54, 1.807) is 24.3 Å². The molecule has 1 atom stereocenters. The SMILES string of the molecule is COc1cc(O)cc2c1-c1c(O)cccc1C(O)C2. The quantitative estimate of drug-likeness (QED) is 0.734. The lowest BCUT2D eigenvalue weighted by atomic mass is 9.82. The summed E-state index contributed by atoms with van der Waals surface area (Å²) in [7, 11) is 1.51. The predicted octanol–water partition coefficient (Wildman–Crippen LogP) is 2.36. The molecule has 0 heterocycles. The topological polar surface area (TPSA) is 69.9 Å². The number of methoxy groups -OCH3 is 1. The largest absolute Gasteiger partial charge is 0.508 e. The first-order valence-electron chi connectivity index (χ1n) is 6.02. The average Bonchev–Trinajstić information content (AvgIpc) is 2.38. The number of ether oxygens (including phenoxy) is 1. The number of hydrogen-bond acceptors (Lipinski definition) is 4. The molecule has 1 unspecified atom stereocenters. The molecule has 2 aromatic carbocycles. The summed E-state index contributed by atoms with van der Waals surface area (Å²) in [6.07, 6.45) is -0.308.